The molecule has 2 nitrogen and oxygen atoms in total. The topological polar surface area (TPSA) is 23.5 Å². The van der Waals surface area contributed by atoms with Gasteiger partial charge < -0.3 is 5.11 Å². The van der Waals surface area contributed by atoms with E-state index < -0.39 is 0 Å². The minimum Gasteiger partial charge on any atom is -0.393 e. The summed E-state index contributed by atoms with van der Waals surface area (Å²) in [6.45, 7) is 4.27. The fourth-order valence-electron chi connectivity index (χ4n) is 2.54. The van der Waals surface area contributed by atoms with Crippen molar-refractivity contribution in [2.75, 3.05) is 13.1 Å². The molecule has 1 N–H and O–H groups in total. The summed E-state index contributed by atoms with van der Waals surface area (Å²) in [6.07, 6.45) is 1.85. The van der Waals surface area contributed by atoms with Crippen LogP contribution in [0.2, 0.25) is 0 Å². The highest BCUT2D eigenvalue weighted by Gasteiger charge is 2.24. The molecule has 100 valence electrons. The molecule has 2 unspecified atom stereocenters. The van der Waals surface area contributed by atoms with Crippen LogP contribution < -0.4 is 0 Å². The van der Waals surface area contributed by atoms with Crippen molar-refractivity contribution < 1.29 is 9.50 Å². The van der Waals surface area contributed by atoms with Gasteiger partial charge in [-0.2, -0.15) is 0 Å². The van der Waals surface area contributed by atoms with Crippen LogP contribution in [-0.4, -0.2) is 29.2 Å². The van der Waals surface area contributed by atoms with Crippen molar-refractivity contribution in [3.8, 4) is 0 Å². The maximum atomic E-state index is 13.8. The highest BCUT2D eigenvalue weighted by molar-refractivity contribution is 9.10. The first-order valence-electron chi connectivity index (χ1n) is 6.41. The van der Waals surface area contributed by atoms with Gasteiger partial charge in [0.25, 0.3) is 0 Å². The Bertz CT molecular complexity index is 391. The molecule has 0 aromatic heterocycles. The molecule has 0 spiro atoms. The van der Waals surface area contributed by atoms with Crippen LogP contribution in [0.25, 0.3) is 0 Å². The molecule has 1 saturated heterocycles. The van der Waals surface area contributed by atoms with E-state index in [9.17, 15) is 9.50 Å². The van der Waals surface area contributed by atoms with E-state index in [1.54, 1.807) is 6.07 Å². The maximum absolute atomic E-state index is 13.8. The van der Waals surface area contributed by atoms with E-state index in [1.807, 2.05) is 13.0 Å². The molecule has 1 aromatic rings. The lowest BCUT2D eigenvalue weighted by Gasteiger charge is -2.34. The number of aliphatic hydroxyl groups excluding tert-OH is 1. The van der Waals surface area contributed by atoms with Crippen molar-refractivity contribution in [1.82, 2.24) is 4.90 Å². The number of hydrogen-bond donors (Lipinski definition) is 1. The molecular weight excluding hydrogens is 297 g/mol. The van der Waals surface area contributed by atoms with E-state index in [4.69, 9.17) is 0 Å². The average molecular weight is 316 g/mol. The zero-order valence-electron chi connectivity index (χ0n) is 10.6. The Morgan fingerprint density at radius 3 is 3.00 bits per heavy atom. The molecule has 1 fully saturated rings. The second kappa shape index (κ2) is 6.13. The van der Waals surface area contributed by atoms with Gasteiger partial charge in [0.15, 0.2) is 0 Å². The average Bonchev–Trinajstić information content (AvgIpc) is 2.34. The van der Waals surface area contributed by atoms with Gasteiger partial charge in [-0.05, 0) is 44.4 Å². The number of benzene rings is 1. The maximum Gasteiger partial charge on any atom is 0.128 e. The molecule has 0 radical (unpaired) electrons. The highest BCUT2D eigenvalue weighted by Crippen LogP contribution is 2.25. The number of rotatable bonds is 3. The Balaban J connectivity index is 2.05. The third-order valence-corrected chi connectivity index (χ3v) is 4.41. The molecule has 4 heteroatoms. The van der Waals surface area contributed by atoms with Crippen molar-refractivity contribution >= 4 is 15.9 Å². The van der Waals surface area contributed by atoms with Gasteiger partial charge in [0.1, 0.15) is 5.82 Å². The fourth-order valence-corrected chi connectivity index (χ4v) is 3.00. The van der Waals surface area contributed by atoms with Crippen molar-refractivity contribution in [1.29, 1.82) is 0 Å². The molecule has 0 saturated carbocycles. The molecule has 1 aliphatic rings. The third kappa shape index (κ3) is 3.31. The van der Waals surface area contributed by atoms with Gasteiger partial charge in [0.05, 0.1) is 6.10 Å². The van der Waals surface area contributed by atoms with Gasteiger partial charge in [-0.15, -0.1) is 0 Å². The van der Waals surface area contributed by atoms with Crippen LogP contribution in [0, 0.1) is 11.7 Å². The van der Waals surface area contributed by atoms with Crippen LogP contribution >= 0.6 is 15.9 Å². The number of piperidine rings is 1. The van der Waals surface area contributed by atoms with Gasteiger partial charge in [-0.25, -0.2) is 4.39 Å². The van der Waals surface area contributed by atoms with Crippen LogP contribution in [0.3, 0.4) is 0 Å². The first-order valence-corrected chi connectivity index (χ1v) is 7.20. The van der Waals surface area contributed by atoms with Gasteiger partial charge in [-0.1, -0.05) is 22.0 Å². The summed E-state index contributed by atoms with van der Waals surface area (Å²) >= 11 is 3.40. The highest BCUT2D eigenvalue weighted by atomic mass is 79.9. The lowest BCUT2D eigenvalue weighted by molar-refractivity contribution is 0.0594. The van der Waals surface area contributed by atoms with Crippen LogP contribution in [0.1, 0.15) is 25.3 Å². The van der Waals surface area contributed by atoms with E-state index >= 15 is 0 Å². The van der Waals surface area contributed by atoms with Crippen molar-refractivity contribution in [2.45, 2.75) is 32.4 Å². The third-order valence-electron chi connectivity index (χ3n) is 3.67. The Kier molecular flexibility index (Phi) is 4.76. The van der Waals surface area contributed by atoms with Gasteiger partial charge >= 0.3 is 0 Å². The molecule has 2 atom stereocenters. The van der Waals surface area contributed by atoms with E-state index in [0.717, 1.165) is 30.4 Å². The minimum absolute atomic E-state index is 0.163. The second-order valence-corrected chi connectivity index (χ2v) is 5.93. The van der Waals surface area contributed by atoms with Crippen molar-refractivity contribution in [2.24, 2.45) is 5.92 Å². The van der Waals surface area contributed by atoms with Crippen molar-refractivity contribution in [3.05, 3.63) is 34.1 Å². The number of halogens is 2. The molecular formula is C14H19BrFNO. The molecule has 1 aliphatic heterocycles. The van der Waals surface area contributed by atoms with E-state index in [1.165, 1.54) is 6.07 Å². The Morgan fingerprint density at radius 1 is 1.56 bits per heavy atom. The summed E-state index contributed by atoms with van der Waals surface area (Å²) in [5.41, 5.74) is 0.712. The predicted octanol–water partition coefficient (Wildman–Crippen LogP) is 3.18. The van der Waals surface area contributed by atoms with Crippen LogP contribution in [-0.2, 0) is 6.54 Å². The summed E-state index contributed by atoms with van der Waals surface area (Å²) in [4.78, 5) is 2.23. The molecule has 18 heavy (non-hydrogen) atoms. The number of hydrogen-bond acceptors (Lipinski definition) is 2. The fraction of sp³-hybridized carbons (Fsp3) is 0.571. The predicted molar refractivity (Wildman–Crippen MR) is 73.8 cm³/mol. The number of aliphatic hydroxyl groups is 1. The molecule has 0 bridgehead atoms. The van der Waals surface area contributed by atoms with Gasteiger partial charge in [-0.3, -0.25) is 4.90 Å². The zero-order valence-corrected chi connectivity index (χ0v) is 12.2. The van der Waals surface area contributed by atoms with E-state index in [-0.39, 0.29) is 11.9 Å². The summed E-state index contributed by atoms with van der Waals surface area (Å²) in [5, 5.41) is 9.66. The molecule has 0 amide bonds. The summed E-state index contributed by atoms with van der Waals surface area (Å²) in [7, 11) is 0. The SMILES string of the molecule is CC(O)C1CCCN(Cc2c(F)cccc2Br)C1. The lowest BCUT2D eigenvalue weighted by Crippen LogP contribution is -2.39. The molecule has 1 aromatic carbocycles. The van der Waals surface area contributed by atoms with Gasteiger partial charge in [0, 0.05) is 23.1 Å². The van der Waals surface area contributed by atoms with Gasteiger partial charge in [0.2, 0.25) is 0 Å². The Hall–Kier alpha value is -0.450. The van der Waals surface area contributed by atoms with Crippen LogP contribution in [0.5, 0.6) is 0 Å². The van der Waals surface area contributed by atoms with E-state index in [0.29, 0.717) is 18.0 Å². The van der Waals surface area contributed by atoms with E-state index in [2.05, 4.69) is 20.8 Å². The summed E-state index contributed by atoms with van der Waals surface area (Å²) < 4.78 is 14.6. The van der Waals surface area contributed by atoms with Crippen LogP contribution in [0.15, 0.2) is 22.7 Å². The normalized spacial score (nSPS) is 23.0. The molecule has 0 aliphatic carbocycles. The number of nitrogens with zero attached hydrogens (tertiary/aromatic N) is 1. The first kappa shape index (κ1) is 14.0. The quantitative estimate of drug-likeness (QED) is 0.926. The number of likely N-dealkylation sites (tertiary alicyclic amines) is 1. The zero-order chi connectivity index (χ0) is 13.1. The Labute approximate surface area is 116 Å². The minimum atomic E-state index is -0.281. The summed E-state index contributed by atoms with van der Waals surface area (Å²) in [6, 6.07) is 5.07. The van der Waals surface area contributed by atoms with Crippen LogP contribution in [0.4, 0.5) is 4.39 Å². The Morgan fingerprint density at radius 2 is 2.33 bits per heavy atom. The standard InChI is InChI=1S/C14H19BrFNO/c1-10(18)11-4-3-7-17(8-11)9-12-13(15)5-2-6-14(12)16/h2,5-6,10-11,18H,3-4,7-9H2,1H3. The molecule has 1 heterocycles. The second-order valence-electron chi connectivity index (χ2n) is 5.08. The monoisotopic (exact) mass is 315 g/mol. The molecule has 2 rings (SSSR count). The smallest absolute Gasteiger partial charge is 0.128 e. The first-order chi connectivity index (χ1) is 8.58. The largest absolute Gasteiger partial charge is 0.393 e. The summed E-state index contributed by atoms with van der Waals surface area (Å²) in [5.74, 6) is 0.146. The van der Waals surface area contributed by atoms with Crippen molar-refractivity contribution in [3.63, 3.8) is 0 Å². The lowest BCUT2D eigenvalue weighted by atomic mass is 9.93.